The fraction of sp³-hybridized carbons (Fsp3) is 0.345. The van der Waals surface area contributed by atoms with Crippen LogP contribution in [0, 0.1) is 0 Å². The normalized spacial score (nSPS) is 15.1. The monoisotopic (exact) mass is 554 g/mol. The molecule has 4 rings (SSSR count). The molecule has 0 bridgehead atoms. The van der Waals surface area contributed by atoms with Gasteiger partial charge in [-0.25, -0.2) is 8.42 Å². The highest BCUT2D eigenvalue weighted by atomic mass is 32.2. The second kappa shape index (κ2) is 11.4. The predicted molar refractivity (Wildman–Crippen MR) is 149 cm³/mol. The Morgan fingerprint density at radius 1 is 0.974 bits per heavy atom. The van der Waals surface area contributed by atoms with E-state index in [2.05, 4.69) is 5.32 Å². The van der Waals surface area contributed by atoms with Gasteiger partial charge in [-0.05, 0) is 59.5 Å². The van der Waals surface area contributed by atoms with Gasteiger partial charge in [0.25, 0.3) is 15.9 Å². The number of ether oxygens (including phenoxy) is 4. The number of nitrogens with zero attached hydrogens (tertiary/aromatic N) is 1. The highest BCUT2D eigenvalue weighted by Crippen LogP contribution is 2.40. The van der Waals surface area contributed by atoms with Crippen molar-refractivity contribution in [1.82, 2.24) is 5.32 Å². The highest BCUT2D eigenvalue weighted by Gasteiger charge is 2.38. The molecule has 1 unspecified atom stereocenters. The first-order valence-corrected chi connectivity index (χ1v) is 14.0. The van der Waals surface area contributed by atoms with Crippen molar-refractivity contribution < 1.29 is 32.2 Å². The SMILES string of the molecule is COc1ccc(S(=O)(=O)N2CC(C(=O)NCCOc3cccc(OC)c3)Oc3ccc(C(C)(C)C)cc32)cc1. The largest absolute Gasteiger partial charge is 0.497 e. The van der Waals surface area contributed by atoms with Gasteiger partial charge in [-0.3, -0.25) is 9.10 Å². The zero-order valence-electron chi connectivity index (χ0n) is 22.8. The Labute approximate surface area is 229 Å². The van der Waals surface area contributed by atoms with Gasteiger partial charge in [0, 0.05) is 6.07 Å². The Hall–Kier alpha value is -3.92. The van der Waals surface area contributed by atoms with E-state index in [0.717, 1.165) is 5.56 Å². The first-order chi connectivity index (χ1) is 18.5. The van der Waals surface area contributed by atoms with Crippen LogP contribution in [0.5, 0.6) is 23.0 Å². The predicted octanol–water partition coefficient (Wildman–Crippen LogP) is 4.15. The number of hydrogen-bond donors (Lipinski definition) is 1. The number of nitrogens with one attached hydrogen (secondary N) is 1. The van der Waals surface area contributed by atoms with E-state index in [1.807, 2.05) is 45.0 Å². The molecule has 1 atom stereocenters. The van der Waals surface area contributed by atoms with Crippen molar-refractivity contribution in [2.24, 2.45) is 0 Å². The summed E-state index contributed by atoms with van der Waals surface area (Å²) in [6, 6.07) is 18.7. The Kier molecular flexibility index (Phi) is 8.25. The maximum atomic E-state index is 13.8. The number of carbonyl (C=O) groups excluding carboxylic acids is 1. The lowest BCUT2D eigenvalue weighted by molar-refractivity contribution is -0.127. The van der Waals surface area contributed by atoms with Crippen LogP contribution in [0.3, 0.4) is 0 Å². The number of anilines is 1. The van der Waals surface area contributed by atoms with Gasteiger partial charge in [0.15, 0.2) is 6.10 Å². The number of benzene rings is 3. The molecule has 0 radical (unpaired) electrons. The van der Waals surface area contributed by atoms with Crippen LogP contribution < -0.4 is 28.6 Å². The first kappa shape index (κ1) is 28.1. The third-order valence-corrected chi connectivity index (χ3v) is 8.14. The van der Waals surface area contributed by atoms with Crippen LogP contribution in [0.2, 0.25) is 0 Å². The van der Waals surface area contributed by atoms with E-state index in [9.17, 15) is 13.2 Å². The van der Waals surface area contributed by atoms with E-state index < -0.39 is 22.0 Å². The third kappa shape index (κ3) is 6.39. The number of amides is 1. The minimum Gasteiger partial charge on any atom is -0.497 e. The molecule has 9 nitrogen and oxygen atoms in total. The summed E-state index contributed by atoms with van der Waals surface area (Å²) in [6.07, 6.45) is -1.05. The average Bonchev–Trinajstić information content (AvgIpc) is 2.93. The summed E-state index contributed by atoms with van der Waals surface area (Å²) in [6.45, 7) is 6.37. The van der Waals surface area contributed by atoms with Crippen LogP contribution in [0.15, 0.2) is 71.6 Å². The van der Waals surface area contributed by atoms with Crippen molar-refractivity contribution >= 4 is 21.6 Å². The Balaban J connectivity index is 1.54. The van der Waals surface area contributed by atoms with Crippen LogP contribution in [0.25, 0.3) is 0 Å². The van der Waals surface area contributed by atoms with E-state index in [4.69, 9.17) is 18.9 Å². The van der Waals surface area contributed by atoms with Gasteiger partial charge in [0.2, 0.25) is 0 Å². The summed E-state index contributed by atoms with van der Waals surface area (Å²) in [5.41, 5.74) is 1.11. The van der Waals surface area contributed by atoms with Crippen molar-refractivity contribution in [3.63, 3.8) is 0 Å². The third-order valence-electron chi connectivity index (χ3n) is 6.35. The minimum absolute atomic E-state index is 0.0863. The lowest BCUT2D eigenvalue weighted by Gasteiger charge is -2.36. The quantitative estimate of drug-likeness (QED) is 0.396. The number of hydrogen-bond acceptors (Lipinski definition) is 7. The van der Waals surface area contributed by atoms with E-state index >= 15 is 0 Å². The van der Waals surface area contributed by atoms with Gasteiger partial charge in [-0.1, -0.05) is 32.9 Å². The molecule has 1 amide bonds. The zero-order valence-corrected chi connectivity index (χ0v) is 23.6. The fourth-order valence-electron chi connectivity index (χ4n) is 4.10. The smallest absolute Gasteiger partial charge is 0.264 e. The summed E-state index contributed by atoms with van der Waals surface area (Å²) >= 11 is 0. The topological polar surface area (TPSA) is 103 Å². The van der Waals surface area contributed by atoms with Crippen molar-refractivity contribution in [2.75, 3.05) is 38.2 Å². The van der Waals surface area contributed by atoms with E-state index in [1.165, 1.54) is 23.5 Å². The molecule has 0 saturated carbocycles. The Bertz CT molecular complexity index is 1420. The molecule has 3 aromatic carbocycles. The molecule has 1 heterocycles. The van der Waals surface area contributed by atoms with E-state index in [0.29, 0.717) is 28.7 Å². The molecule has 1 N–H and O–H groups in total. The van der Waals surface area contributed by atoms with Gasteiger partial charge in [-0.15, -0.1) is 0 Å². The minimum atomic E-state index is -4.02. The van der Waals surface area contributed by atoms with E-state index in [1.54, 1.807) is 37.4 Å². The molecule has 3 aromatic rings. The molecular formula is C29H34N2O7S. The lowest BCUT2D eigenvalue weighted by atomic mass is 9.86. The van der Waals surface area contributed by atoms with Crippen molar-refractivity contribution in [3.8, 4) is 23.0 Å². The number of methoxy groups -OCH3 is 2. The zero-order chi connectivity index (χ0) is 28.2. The molecule has 208 valence electrons. The molecule has 10 heteroatoms. The molecule has 0 aliphatic carbocycles. The number of fused-ring (bicyclic) bond motifs is 1. The molecule has 39 heavy (non-hydrogen) atoms. The van der Waals surface area contributed by atoms with Gasteiger partial charge < -0.3 is 24.3 Å². The van der Waals surface area contributed by atoms with Crippen molar-refractivity contribution in [2.45, 2.75) is 37.2 Å². The average molecular weight is 555 g/mol. The standard InChI is InChI=1S/C29H34N2O7S/c1-29(2,3)20-9-14-26-25(17-20)31(39(33,34)24-12-10-21(35-4)11-13-24)19-27(38-26)28(32)30-15-16-37-23-8-6-7-22(18-23)36-5/h6-14,17-18,27H,15-16,19H2,1-5H3,(H,30,32). The van der Waals surface area contributed by atoms with Crippen LogP contribution in [-0.4, -0.2) is 54.3 Å². The lowest BCUT2D eigenvalue weighted by Crippen LogP contribution is -2.51. The second-order valence-corrected chi connectivity index (χ2v) is 11.9. The first-order valence-electron chi connectivity index (χ1n) is 12.6. The van der Waals surface area contributed by atoms with Crippen molar-refractivity contribution in [1.29, 1.82) is 0 Å². The molecular weight excluding hydrogens is 520 g/mol. The maximum Gasteiger partial charge on any atom is 0.264 e. The molecule has 0 saturated heterocycles. The van der Waals surface area contributed by atoms with E-state index in [-0.39, 0.29) is 30.0 Å². The summed E-state index contributed by atoms with van der Waals surface area (Å²) in [4.78, 5) is 13.2. The van der Waals surface area contributed by atoms with Crippen molar-refractivity contribution in [3.05, 3.63) is 72.3 Å². The summed E-state index contributed by atoms with van der Waals surface area (Å²) < 4.78 is 50.9. The molecule has 0 fully saturated rings. The second-order valence-electron chi connectivity index (χ2n) is 10.1. The van der Waals surface area contributed by atoms with Gasteiger partial charge in [0.05, 0.1) is 37.9 Å². The summed E-state index contributed by atoms with van der Waals surface area (Å²) in [7, 11) is -0.928. The van der Waals surface area contributed by atoms with Crippen LogP contribution in [0.1, 0.15) is 26.3 Å². The van der Waals surface area contributed by atoms with Crippen LogP contribution in [0.4, 0.5) is 5.69 Å². The summed E-state index contributed by atoms with van der Waals surface area (Å²) in [5.74, 6) is 1.69. The molecule has 1 aliphatic heterocycles. The Morgan fingerprint density at radius 3 is 2.33 bits per heavy atom. The highest BCUT2D eigenvalue weighted by molar-refractivity contribution is 7.92. The Morgan fingerprint density at radius 2 is 1.67 bits per heavy atom. The maximum absolute atomic E-state index is 13.8. The molecule has 1 aliphatic rings. The van der Waals surface area contributed by atoms with Gasteiger partial charge in [-0.2, -0.15) is 0 Å². The number of sulfonamides is 1. The van der Waals surface area contributed by atoms with Gasteiger partial charge >= 0.3 is 0 Å². The van der Waals surface area contributed by atoms with Crippen LogP contribution in [-0.2, 0) is 20.2 Å². The van der Waals surface area contributed by atoms with Gasteiger partial charge in [0.1, 0.15) is 29.6 Å². The number of rotatable bonds is 9. The fourth-order valence-corrected chi connectivity index (χ4v) is 5.57. The summed E-state index contributed by atoms with van der Waals surface area (Å²) in [5, 5.41) is 2.79. The van der Waals surface area contributed by atoms with Crippen LogP contribution >= 0.6 is 0 Å². The number of carbonyl (C=O) groups is 1. The molecule has 0 aromatic heterocycles. The molecule has 0 spiro atoms.